The Hall–Kier alpha value is -0.890. The largest absolute Gasteiger partial charge is 0.308 e. The zero-order valence-corrected chi connectivity index (χ0v) is 9.32. The molecule has 0 aliphatic rings. The molecule has 14 heavy (non-hydrogen) atoms. The molecule has 78 valence electrons. The highest BCUT2D eigenvalue weighted by molar-refractivity contribution is 5.23. The molecule has 0 fully saturated rings. The number of aryl methyl sites for hydroxylation is 1. The summed E-state index contributed by atoms with van der Waals surface area (Å²) in [4.78, 5) is 0. The van der Waals surface area contributed by atoms with Gasteiger partial charge in [-0.3, -0.25) is 0 Å². The third-order valence-corrected chi connectivity index (χ3v) is 1.92. The van der Waals surface area contributed by atoms with Gasteiger partial charge in [0.2, 0.25) is 0 Å². The van der Waals surface area contributed by atoms with Gasteiger partial charge in [0.25, 0.3) is 0 Å². The predicted molar refractivity (Wildman–Crippen MR) is 57.7 cm³/mol. The molecule has 2 heteroatoms. The zero-order valence-electron chi connectivity index (χ0n) is 9.32. The first-order valence-electron chi connectivity index (χ1n) is 4.88. The fourth-order valence-corrected chi connectivity index (χ4v) is 1.28. The van der Waals surface area contributed by atoms with E-state index in [4.69, 9.17) is 0 Å². The van der Waals surface area contributed by atoms with Gasteiger partial charge in [0.15, 0.2) is 0 Å². The van der Waals surface area contributed by atoms with E-state index in [0.29, 0.717) is 6.54 Å². The summed E-state index contributed by atoms with van der Waals surface area (Å²) in [6, 6.07) is 5.12. The summed E-state index contributed by atoms with van der Waals surface area (Å²) in [6.07, 6.45) is 0. The molecule has 0 saturated heterocycles. The van der Waals surface area contributed by atoms with Crippen molar-refractivity contribution in [2.24, 2.45) is 0 Å². The highest BCUT2D eigenvalue weighted by Crippen LogP contribution is 2.09. The molecule has 0 radical (unpaired) electrons. The summed E-state index contributed by atoms with van der Waals surface area (Å²) in [5, 5.41) is 3.33. The van der Waals surface area contributed by atoms with Crippen molar-refractivity contribution in [3.8, 4) is 0 Å². The molecule has 0 spiro atoms. The molecule has 0 aliphatic carbocycles. The summed E-state index contributed by atoms with van der Waals surface area (Å²) in [7, 11) is 0. The van der Waals surface area contributed by atoms with Gasteiger partial charge in [0.05, 0.1) is 0 Å². The van der Waals surface area contributed by atoms with E-state index in [1.54, 1.807) is 12.1 Å². The second-order valence-electron chi connectivity index (χ2n) is 4.74. The standard InChI is InChI=1S/C12H18FN/c1-9-5-10(7-11(13)6-9)8-14-12(2,3)4/h5-7,14H,8H2,1-4H3. The molecule has 0 aliphatic heterocycles. The number of rotatable bonds is 2. The minimum Gasteiger partial charge on any atom is -0.308 e. The van der Waals surface area contributed by atoms with Gasteiger partial charge in [-0.05, 0) is 51.0 Å². The fourth-order valence-electron chi connectivity index (χ4n) is 1.28. The van der Waals surface area contributed by atoms with Crippen molar-refractivity contribution in [3.63, 3.8) is 0 Å². The van der Waals surface area contributed by atoms with E-state index < -0.39 is 0 Å². The van der Waals surface area contributed by atoms with Gasteiger partial charge >= 0.3 is 0 Å². The third kappa shape index (κ3) is 3.88. The molecule has 0 aromatic heterocycles. The summed E-state index contributed by atoms with van der Waals surface area (Å²) < 4.78 is 13.0. The van der Waals surface area contributed by atoms with Crippen molar-refractivity contribution in [2.45, 2.75) is 39.8 Å². The van der Waals surface area contributed by atoms with Gasteiger partial charge in [-0.25, -0.2) is 4.39 Å². The lowest BCUT2D eigenvalue weighted by molar-refractivity contribution is 0.423. The summed E-state index contributed by atoms with van der Waals surface area (Å²) >= 11 is 0. The first-order valence-corrected chi connectivity index (χ1v) is 4.88. The van der Waals surface area contributed by atoms with Crippen LogP contribution in [-0.2, 0) is 6.54 Å². The molecule has 1 aromatic carbocycles. The van der Waals surface area contributed by atoms with Crippen molar-refractivity contribution in [3.05, 3.63) is 35.1 Å². The Bertz CT molecular complexity index is 292. The van der Waals surface area contributed by atoms with Crippen LogP contribution in [0, 0.1) is 12.7 Å². The van der Waals surface area contributed by atoms with Gasteiger partial charge in [0.1, 0.15) is 5.82 Å². The van der Waals surface area contributed by atoms with Crippen LogP contribution in [0.4, 0.5) is 4.39 Å². The Kier molecular flexibility index (Phi) is 3.27. The maximum Gasteiger partial charge on any atom is 0.123 e. The monoisotopic (exact) mass is 195 g/mol. The molecule has 1 nitrogen and oxygen atoms in total. The number of hydrogen-bond donors (Lipinski definition) is 1. The first kappa shape index (κ1) is 11.2. The maximum absolute atomic E-state index is 13.0. The average Bonchev–Trinajstić information content (AvgIpc) is 1.97. The molecule has 0 unspecified atom stereocenters. The van der Waals surface area contributed by atoms with Gasteiger partial charge in [-0.15, -0.1) is 0 Å². The van der Waals surface area contributed by atoms with Crippen LogP contribution in [0.2, 0.25) is 0 Å². The van der Waals surface area contributed by atoms with E-state index in [1.807, 2.05) is 13.0 Å². The molecule has 0 saturated carbocycles. The predicted octanol–water partition coefficient (Wildman–Crippen LogP) is 3.02. The molecule has 0 heterocycles. The Morgan fingerprint density at radius 3 is 2.36 bits per heavy atom. The van der Waals surface area contributed by atoms with Crippen molar-refractivity contribution < 1.29 is 4.39 Å². The smallest absolute Gasteiger partial charge is 0.123 e. The molecule has 0 atom stereocenters. The van der Waals surface area contributed by atoms with Gasteiger partial charge in [-0.1, -0.05) is 6.07 Å². The Morgan fingerprint density at radius 1 is 1.21 bits per heavy atom. The molecular formula is C12H18FN. The second kappa shape index (κ2) is 4.09. The Morgan fingerprint density at radius 2 is 1.86 bits per heavy atom. The zero-order chi connectivity index (χ0) is 10.8. The lowest BCUT2D eigenvalue weighted by atomic mass is 10.1. The minimum absolute atomic E-state index is 0.0697. The molecule has 1 N–H and O–H groups in total. The van der Waals surface area contributed by atoms with E-state index in [0.717, 1.165) is 11.1 Å². The van der Waals surface area contributed by atoms with E-state index in [2.05, 4.69) is 26.1 Å². The lowest BCUT2D eigenvalue weighted by Crippen LogP contribution is -2.35. The number of halogens is 1. The van der Waals surface area contributed by atoms with Crippen LogP contribution in [0.15, 0.2) is 18.2 Å². The third-order valence-electron chi connectivity index (χ3n) is 1.92. The fraction of sp³-hybridized carbons (Fsp3) is 0.500. The highest BCUT2D eigenvalue weighted by atomic mass is 19.1. The van der Waals surface area contributed by atoms with Crippen molar-refractivity contribution >= 4 is 0 Å². The molecule has 1 rings (SSSR count). The molecule has 0 amide bonds. The van der Waals surface area contributed by atoms with Gasteiger partial charge < -0.3 is 5.32 Å². The van der Waals surface area contributed by atoms with E-state index in [1.165, 1.54) is 0 Å². The SMILES string of the molecule is Cc1cc(F)cc(CNC(C)(C)C)c1. The average molecular weight is 195 g/mol. The number of nitrogens with one attached hydrogen (secondary N) is 1. The summed E-state index contributed by atoms with van der Waals surface area (Å²) in [5.41, 5.74) is 2.04. The van der Waals surface area contributed by atoms with Crippen molar-refractivity contribution in [2.75, 3.05) is 0 Å². The summed E-state index contributed by atoms with van der Waals surface area (Å²) in [6.45, 7) is 8.91. The van der Waals surface area contributed by atoms with Crippen LogP contribution in [0.1, 0.15) is 31.9 Å². The number of hydrogen-bond acceptors (Lipinski definition) is 1. The van der Waals surface area contributed by atoms with Crippen LogP contribution in [-0.4, -0.2) is 5.54 Å². The minimum atomic E-state index is -0.157. The van der Waals surface area contributed by atoms with Crippen LogP contribution in [0.3, 0.4) is 0 Å². The quantitative estimate of drug-likeness (QED) is 0.765. The van der Waals surface area contributed by atoms with Gasteiger partial charge in [0, 0.05) is 12.1 Å². The van der Waals surface area contributed by atoms with Crippen LogP contribution in [0.25, 0.3) is 0 Å². The van der Waals surface area contributed by atoms with E-state index in [9.17, 15) is 4.39 Å². The molecular weight excluding hydrogens is 177 g/mol. The molecule has 1 aromatic rings. The van der Waals surface area contributed by atoms with E-state index in [-0.39, 0.29) is 11.4 Å². The second-order valence-corrected chi connectivity index (χ2v) is 4.74. The van der Waals surface area contributed by atoms with Crippen LogP contribution >= 0.6 is 0 Å². The first-order chi connectivity index (χ1) is 6.37. The van der Waals surface area contributed by atoms with E-state index >= 15 is 0 Å². The highest BCUT2D eigenvalue weighted by Gasteiger charge is 2.08. The Labute approximate surface area is 85.3 Å². The summed E-state index contributed by atoms with van der Waals surface area (Å²) in [5.74, 6) is -0.157. The maximum atomic E-state index is 13.0. The van der Waals surface area contributed by atoms with Gasteiger partial charge in [-0.2, -0.15) is 0 Å². The number of benzene rings is 1. The van der Waals surface area contributed by atoms with Crippen LogP contribution < -0.4 is 5.32 Å². The normalized spacial score (nSPS) is 11.8. The Balaban J connectivity index is 2.68. The topological polar surface area (TPSA) is 12.0 Å². The molecule has 0 bridgehead atoms. The van der Waals surface area contributed by atoms with Crippen molar-refractivity contribution in [1.82, 2.24) is 5.32 Å². The van der Waals surface area contributed by atoms with Crippen LogP contribution in [0.5, 0.6) is 0 Å². The lowest BCUT2D eigenvalue weighted by Gasteiger charge is -2.20. The van der Waals surface area contributed by atoms with Crippen molar-refractivity contribution in [1.29, 1.82) is 0 Å².